The van der Waals surface area contributed by atoms with E-state index in [2.05, 4.69) is 45.9 Å². The second-order valence-electron chi connectivity index (χ2n) is 7.40. The van der Waals surface area contributed by atoms with Crippen LogP contribution in [0.2, 0.25) is 0 Å². The molecule has 0 unspecified atom stereocenters. The number of carbonyl (C=O) groups is 1. The van der Waals surface area contributed by atoms with Crippen LogP contribution in [0.5, 0.6) is 0 Å². The minimum Gasteiger partial charge on any atom is -0.344 e. The third-order valence-electron chi connectivity index (χ3n) is 5.38. The monoisotopic (exact) mass is 394 g/mol. The van der Waals surface area contributed by atoms with Crippen LogP contribution in [0.3, 0.4) is 0 Å². The highest BCUT2D eigenvalue weighted by Gasteiger charge is 2.25. The number of amides is 1. The van der Waals surface area contributed by atoms with Gasteiger partial charge in [-0.05, 0) is 49.6 Å². The molecule has 1 saturated carbocycles. The quantitative estimate of drug-likeness (QED) is 0.687. The molecule has 0 radical (unpaired) electrons. The van der Waals surface area contributed by atoms with Crippen molar-refractivity contribution < 1.29 is 4.79 Å². The molecule has 1 aliphatic carbocycles. The van der Waals surface area contributed by atoms with E-state index in [0.717, 1.165) is 47.7 Å². The number of carbonyl (C=O) groups excluding carboxylic acids is 1. The molecule has 0 N–H and O–H groups in total. The van der Waals surface area contributed by atoms with Gasteiger partial charge in [0, 0.05) is 26.2 Å². The standard InChI is InChI=1S/C22H26N4OS/c1-3-4-19-21(23-2)24-22(28-19)26-13-11-25(12-14-26)20(27)15-16-5-7-17(8-6-16)18-9-10-18/h3-8,18H,2,9-15H2,1H3/b4-3-. The maximum Gasteiger partial charge on any atom is 0.227 e. The zero-order valence-electron chi connectivity index (χ0n) is 16.3. The number of rotatable bonds is 6. The lowest BCUT2D eigenvalue weighted by molar-refractivity contribution is -0.130. The molecule has 0 atom stereocenters. The summed E-state index contributed by atoms with van der Waals surface area (Å²) in [6.45, 7) is 8.65. The van der Waals surface area contributed by atoms with E-state index >= 15 is 0 Å². The minimum atomic E-state index is 0.209. The predicted octanol–water partition coefficient (Wildman–Crippen LogP) is 4.28. The molecule has 1 amide bonds. The summed E-state index contributed by atoms with van der Waals surface area (Å²) >= 11 is 1.63. The maximum atomic E-state index is 12.7. The van der Waals surface area contributed by atoms with Gasteiger partial charge in [0.25, 0.3) is 0 Å². The van der Waals surface area contributed by atoms with Gasteiger partial charge >= 0.3 is 0 Å². The molecule has 2 aliphatic rings. The number of aliphatic imine (C=N–C) groups is 1. The van der Waals surface area contributed by atoms with Gasteiger partial charge in [-0.3, -0.25) is 4.79 Å². The number of hydrogen-bond donors (Lipinski definition) is 0. The molecule has 1 aromatic heterocycles. The second kappa shape index (κ2) is 8.27. The fraction of sp³-hybridized carbons (Fsp3) is 0.409. The zero-order valence-corrected chi connectivity index (χ0v) is 17.1. The van der Waals surface area contributed by atoms with Crippen molar-refractivity contribution in [2.75, 3.05) is 31.1 Å². The van der Waals surface area contributed by atoms with Crippen LogP contribution < -0.4 is 4.90 Å². The van der Waals surface area contributed by atoms with E-state index in [-0.39, 0.29) is 5.91 Å². The normalized spacial score (nSPS) is 17.3. The summed E-state index contributed by atoms with van der Waals surface area (Å²) in [5.41, 5.74) is 2.52. The van der Waals surface area contributed by atoms with E-state index in [0.29, 0.717) is 12.2 Å². The SMILES string of the molecule is C=Nc1nc(N2CCN(C(=O)Cc3ccc(C4CC4)cc3)CC2)sc1/C=C\C. The van der Waals surface area contributed by atoms with Crippen molar-refractivity contribution >= 4 is 41.0 Å². The maximum absolute atomic E-state index is 12.7. The van der Waals surface area contributed by atoms with Gasteiger partial charge in [-0.25, -0.2) is 4.99 Å². The Bertz CT molecular complexity index is 874. The average Bonchev–Trinajstić information content (AvgIpc) is 3.49. The van der Waals surface area contributed by atoms with Crippen molar-refractivity contribution in [3.05, 3.63) is 46.3 Å². The number of hydrogen-bond acceptors (Lipinski definition) is 5. The third kappa shape index (κ3) is 4.17. The van der Waals surface area contributed by atoms with E-state index in [1.54, 1.807) is 11.3 Å². The fourth-order valence-electron chi connectivity index (χ4n) is 3.58. The molecule has 146 valence electrons. The molecule has 2 aromatic rings. The number of benzene rings is 1. The lowest BCUT2D eigenvalue weighted by Gasteiger charge is -2.34. The molecule has 5 nitrogen and oxygen atoms in total. The number of aromatic nitrogens is 1. The van der Waals surface area contributed by atoms with E-state index in [4.69, 9.17) is 0 Å². The summed E-state index contributed by atoms with van der Waals surface area (Å²) in [5.74, 6) is 1.65. The van der Waals surface area contributed by atoms with Gasteiger partial charge in [-0.2, -0.15) is 4.98 Å². The Balaban J connectivity index is 1.33. The molecule has 1 aromatic carbocycles. The van der Waals surface area contributed by atoms with Crippen LogP contribution in [0.1, 0.15) is 41.7 Å². The van der Waals surface area contributed by atoms with E-state index < -0.39 is 0 Å². The number of thiazole rings is 1. The summed E-state index contributed by atoms with van der Waals surface area (Å²) in [7, 11) is 0. The van der Waals surface area contributed by atoms with Crippen LogP contribution in [0, 0.1) is 0 Å². The number of nitrogens with zero attached hydrogens (tertiary/aromatic N) is 4. The van der Waals surface area contributed by atoms with E-state index in [1.807, 2.05) is 24.0 Å². The van der Waals surface area contributed by atoms with Crippen molar-refractivity contribution in [2.45, 2.75) is 32.1 Å². The molecular formula is C22H26N4OS. The average molecular weight is 395 g/mol. The molecule has 4 rings (SSSR count). The molecule has 0 bridgehead atoms. The molecule has 2 fully saturated rings. The fourth-order valence-corrected chi connectivity index (χ4v) is 4.62. The Labute approximate surface area is 170 Å². The van der Waals surface area contributed by atoms with E-state index in [1.165, 1.54) is 18.4 Å². The van der Waals surface area contributed by atoms with Crippen LogP contribution in [0.4, 0.5) is 10.9 Å². The van der Waals surface area contributed by atoms with Crippen molar-refractivity contribution in [3.63, 3.8) is 0 Å². The first-order chi connectivity index (χ1) is 13.7. The molecule has 28 heavy (non-hydrogen) atoms. The Morgan fingerprint density at radius 1 is 1.25 bits per heavy atom. The van der Waals surface area contributed by atoms with Crippen LogP contribution in [-0.4, -0.2) is 48.7 Å². The zero-order chi connectivity index (χ0) is 19.5. The van der Waals surface area contributed by atoms with Crippen LogP contribution in [0.25, 0.3) is 6.08 Å². The Morgan fingerprint density at radius 3 is 2.57 bits per heavy atom. The molecule has 0 spiro atoms. The predicted molar refractivity (Wildman–Crippen MR) is 117 cm³/mol. The Kier molecular flexibility index (Phi) is 5.57. The first kappa shape index (κ1) is 18.9. The summed E-state index contributed by atoms with van der Waals surface area (Å²) < 4.78 is 0. The number of piperazine rings is 1. The van der Waals surface area contributed by atoms with Crippen LogP contribution >= 0.6 is 11.3 Å². The molecule has 6 heteroatoms. The number of anilines is 1. The van der Waals surface area contributed by atoms with Gasteiger partial charge in [0.1, 0.15) is 0 Å². The summed E-state index contributed by atoms with van der Waals surface area (Å²) in [4.78, 5) is 26.5. The van der Waals surface area contributed by atoms with Gasteiger partial charge in [-0.1, -0.05) is 41.7 Å². The molecule has 2 heterocycles. The number of allylic oxidation sites excluding steroid dienone is 1. The lowest BCUT2D eigenvalue weighted by Crippen LogP contribution is -2.49. The van der Waals surface area contributed by atoms with Crippen LogP contribution in [-0.2, 0) is 11.2 Å². The van der Waals surface area contributed by atoms with Gasteiger partial charge in [0.05, 0.1) is 11.3 Å². The highest BCUT2D eigenvalue weighted by atomic mass is 32.1. The molecule has 1 saturated heterocycles. The largest absolute Gasteiger partial charge is 0.344 e. The highest BCUT2D eigenvalue weighted by molar-refractivity contribution is 7.17. The van der Waals surface area contributed by atoms with E-state index in [9.17, 15) is 4.79 Å². The summed E-state index contributed by atoms with van der Waals surface area (Å²) in [6, 6.07) is 8.61. The van der Waals surface area contributed by atoms with Crippen molar-refractivity contribution in [1.29, 1.82) is 0 Å². The van der Waals surface area contributed by atoms with Gasteiger partial charge in [0.15, 0.2) is 10.9 Å². The van der Waals surface area contributed by atoms with Gasteiger partial charge < -0.3 is 9.80 Å². The van der Waals surface area contributed by atoms with Gasteiger partial charge in [-0.15, -0.1) is 0 Å². The Morgan fingerprint density at radius 2 is 1.96 bits per heavy atom. The van der Waals surface area contributed by atoms with Crippen LogP contribution in [0.15, 0.2) is 35.3 Å². The molecule has 1 aliphatic heterocycles. The third-order valence-corrected chi connectivity index (χ3v) is 6.45. The van der Waals surface area contributed by atoms with Crippen molar-refractivity contribution in [2.24, 2.45) is 4.99 Å². The summed E-state index contributed by atoms with van der Waals surface area (Å²) in [6.07, 6.45) is 7.10. The Hall–Kier alpha value is -2.47. The first-order valence-electron chi connectivity index (χ1n) is 9.89. The minimum absolute atomic E-state index is 0.209. The topological polar surface area (TPSA) is 48.8 Å². The smallest absolute Gasteiger partial charge is 0.227 e. The van der Waals surface area contributed by atoms with Gasteiger partial charge in [0.2, 0.25) is 5.91 Å². The second-order valence-corrected chi connectivity index (χ2v) is 8.41. The lowest BCUT2D eigenvalue weighted by atomic mass is 10.1. The van der Waals surface area contributed by atoms with Crippen molar-refractivity contribution in [3.8, 4) is 0 Å². The summed E-state index contributed by atoms with van der Waals surface area (Å²) in [5, 5.41) is 0.957. The molecular weight excluding hydrogens is 368 g/mol. The highest BCUT2D eigenvalue weighted by Crippen LogP contribution is 2.40. The van der Waals surface area contributed by atoms with Crippen molar-refractivity contribution in [1.82, 2.24) is 9.88 Å². The first-order valence-corrected chi connectivity index (χ1v) is 10.7.